The van der Waals surface area contributed by atoms with Crippen LogP contribution in [0.15, 0.2) is 6.07 Å². The van der Waals surface area contributed by atoms with Crippen LogP contribution in [-0.2, 0) is 14.3 Å². The van der Waals surface area contributed by atoms with E-state index in [-0.39, 0.29) is 31.1 Å². The third-order valence-corrected chi connectivity index (χ3v) is 4.74. The van der Waals surface area contributed by atoms with E-state index in [1.165, 1.54) is 0 Å². The van der Waals surface area contributed by atoms with Gasteiger partial charge in [0.25, 0.3) is 5.91 Å². The van der Waals surface area contributed by atoms with E-state index in [0.29, 0.717) is 30.5 Å². The Balaban J connectivity index is 2.45. The van der Waals surface area contributed by atoms with Gasteiger partial charge >= 0.3 is 5.97 Å². The number of esters is 1. The zero-order valence-corrected chi connectivity index (χ0v) is 17.6. The first-order chi connectivity index (χ1) is 12.1. The van der Waals surface area contributed by atoms with Crippen LogP contribution in [-0.4, -0.2) is 42.3 Å². The molecule has 5 nitrogen and oxygen atoms in total. The molecule has 6 heteroatoms. The summed E-state index contributed by atoms with van der Waals surface area (Å²) in [5.41, 5.74) is 0.677. The molecule has 1 amide bonds. The fraction of sp³-hybridized carbons (Fsp3) is 0.650. The minimum Gasteiger partial charge on any atom is -0.456 e. The molecule has 1 heterocycles. The number of Topliss-reactive ketones (excluding diaryl/α,β-unsaturated/α-hetero) is 1. The van der Waals surface area contributed by atoms with Crippen LogP contribution >= 0.6 is 11.3 Å². The maximum atomic E-state index is 12.3. The van der Waals surface area contributed by atoms with Gasteiger partial charge in [0.1, 0.15) is 0 Å². The molecule has 0 aromatic carbocycles. The first-order valence-electron chi connectivity index (χ1n) is 9.13. The van der Waals surface area contributed by atoms with E-state index in [4.69, 9.17) is 4.74 Å². The number of carbonyl (C=O) groups excluding carboxylic acids is 3. The highest BCUT2D eigenvalue weighted by molar-refractivity contribution is 7.12. The molecule has 26 heavy (non-hydrogen) atoms. The average Bonchev–Trinajstić information content (AvgIpc) is 2.87. The van der Waals surface area contributed by atoms with Gasteiger partial charge in [0.15, 0.2) is 12.4 Å². The zero-order chi connectivity index (χ0) is 19.9. The van der Waals surface area contributed by atoms with Crippen molar-refractivity contribution in [1.82, 2.24) is 4.90 Å². The van der Waals surface area contributed by atoms with Crippen LogP contribution in [0.5, 0.6) is 0 Å². The van der Waals surface area contributed by atoms with Gasteiger partial charge in [-0.15, -0.1) is 11.3 Å². The molecule has 0 fully saturated rings. The van der Waals surface area contributed by atoms with Gasteiger partial charge in [-0.25, -0.2) is 0 Å². The Hall–Kier alpha value is -1.69. The minimum absolute atomic E-state index is 0.00515. The molecule has 0 atom stereocenters. The number of aryl methyl sites for hydroxylation is 2. The molecule has 0 saturated heterocycles. The van der Waals surface area contributed by atoms with Gasteiger partial charge in [-0.3, -0.25) is 14.4 Å². The van der Waals surface area contributed by atoms with Crippen molar-refractivity contribution in [2.24, 2.45) is 11.8 Å². The van der Waals surface area contributed by atoms with E-state index in [1.54, 1.807) is 16.2 Å². The lowest BCUT2D eigenvalue weighted by molar-refractivity contribution is -0.152. The van der Waals surface area contributed by atoms with Crippen molar-refractivity contribution in [3.63, 3.8) is 0 Å². The number of nitrogens with zero attached hydrogens (tertiary/aromatic N) is 1. The number of hydrogen-bond donors (Lipinski definition) is 0. The molecule has 1 aromatic rings. The van der Waals surface area contributed by atoms with Crippen LogP contribution < -0.4 is 0 Å². The normalized spacial score (nSPS) is 11.1. The lowest BCUT2D eigenvalue weighted by atomic mass is 10.1. The first-order valence-corrected chi connectivity index (χ1v) is 9.95. The van der Waals surface area contributed by atoms with E-state index in [2.05, 4.69) is 0 Å². The van der Waals surface area contributed by atoms with Crippen molar-refractivity contribution in [1.29, 1.82) is 0 Å². The molecule has 1 rings (SSSR count). The monoisotopic (exact) mass is 381 g/mol. The lowest BCUT2D eigenvalue weighted by Crippen LogP contribution is -2.39. The Morgan fingerprint density at radius 1 is 1.04 bits per heavy atom. The van der Waals surface area contributed by atoms with E-state index in [9.17, 15) is 14.4 Å². The van der Waals surface area contributed by atoms with Crippen LogP contribution in [0.1, 0.15) is 60.6 Å². The Morgan fingerprint density at radius 2 is 1.62 bits per heavy atom. The second-order valence-electron chi connectivity index (χ2n) is 7.50. The van der Waals surface area contributed by atoms with Crippen LogP contribution in [0.3, 0.4) is 0 Å². The predicted molar refractivity (Wildman–Crippen MR) is 105 cm³/mol. The lowest BCUT2D eigenvalue weighted by Gasteiger charge is -2.26. The summed E-state index contributed by atoms with van der Waals surface area (Å²) < 4.78 is 5.09. The number of amides is 1. The highest BCUT2D eigenvalue weighted by Crippen LogP contribution is 2.22. The van der Waals surface area contributed by atoms with E-state index in [1.807, 2.05) is 47.6 Å². The Labute approximate surface area is 160 Å². The third-order valence-electron chi connectivity index (χ3n) is 3.78. The molecule has 0 aliphatic heterocycles. The minimum atomic E-state index is -0.509. The summed E-state index contributed by atoms with van der Waals surface area (Å²) in [6.07, 6.45) is 0.0978. The molecule has 0 aliphatic rings. The van der Waals surface area contributed by atoms with Gasteiger partial charge in [-0.05, 0) is 31.7 Å². The smallest absolute Gasteiger partial charge is 0.306 e. The SMILES string of the molecule is Cc1cc(C(=O)CCC(=O)OCC(=O)N(CC(C)C)CC(C)C)c(C)s1. The van der Waals surface area contributed by atoms with Crippen molar-refractivity contribution in [2.45, 2.75) is 54.4 Å². The average molecular weight is 382 g/mol. The van der Waals surface area contributed by atoms with Crippen LogP contribution in [0.25, 0.3) is 0 Å². The van der Waals surface area contributed by atoms with Crippen LogP contribution in [0, 0.1) is 25.7 Å². The Kier molecular flexibility index (Phi) is 8.99. The van der Waals surface area contributed by atoms with E-state index < -0.39 is 5.97 Å². The highest BCUT2D eigenvalue weighted by atomic mass is 32.1. The topological polar surface area (TPSA) is 63.7 Å². The summed E-state index contributed by atoms with van der Waals surface area (Å²) in [6.45, 7) is 13.1. The molecule has 146 valence electrons. The molecule has 0 bridgehead atoms. The molecule has 0 unspecified atom stereocenters. The summed E-state index contributed by atoms with van der Waals surface area (Å²) in [6, 6.07) is 1.85. The van der Waals surface area contributed by atoms with Crippen molar-refractivity contribution in [2.75, 3.05) is 19.7 Å². The summed E-state index contributed by atoms with van der Waals surface area (Å²) in [5.74, 6) is -0.0511. The van der Waals surface area contributed by atoms with Gasteiger partial charge in [0.05, 0.1) is 6.42 Å². The summed E-state index contributed by atoms with van der Waals surface area (Å²) in [4.78, 5) is 40.2. The van der Waals surface area contributed by atoms with Crippen LogP contribution in [0.2, 0.25) is 0 Å². The summed E-state index contributed by atoms with van der Waals surface area (Å²) in [7, 11) is 0. The van der Waals surface area contributed by atoms with Crippen LogP contribution in [0.4, 0.5) is 0 Å². The number of carbonyl (C=O) groups is 3. The number of ketones is 1. The molecule has 0 radical (unpaired) electrons. The third kappa shape index (κ3) is 7.68. The largest absolute Gasteiger partial charge is 0.456 e. The maximum absolute atomic E-state index is 12.3. The standard InChI is InChI=1S/C20H31NO4S/c1-13(2)10-21(11-14(3)4)19(23)12-25-20(24)8-7-18(22)17-9-15(5)26-16(17)6/h9,13-14H,7-8,10-12H2,1-6H3. The summed E-state index contributed by atoms with van der Waals surface area (Å²) in [5, 5.41) is 0. The number of ether oxygens (including phenoxy) is 1. The van der Waals surface area contributed by atoms with Crippen molar-refractivity contribution in [3.8, 4) is 0 Å². The molecular formula is C20H31NO4S. The molecule has 0 N–H and O–H groups in total. The van der Waals surface area contributed by atoms with E-state index >= 15 is 0 Å². The molecular weight excluding hydrogens is 350 g/mol. The summed E-state index contributed by atoms with van der Waals surface area (Å²) >= 11 is 1.57. The van der Waals surface area contributed by atoms with Gasteiger partial charge in [0.2, 0.25) is 0 Å². The Bertz CT molecular complexity index is 624. The molecule has 0 saturated carbocycles. The van der Waals surface area contributed by atoms with Crippen molar-refractivity contribution < 1.29 is 19.1 Å². The van der Waals surface area contributed by atoms with Gasteiger partial charge < -0.3 is 9.64 Å². The van der Waals surface area contributed by atoms with Gasteiger partial charge in [-0.1, -0.05) is 27.7 Å². The second kappa shape index (κ2) is 10.5. The fourth-order valence-corrected chi connectivity index (χ4v) is 3.67. The molecule has 0 spiro atoms. The Morgan fingerprint density at radius 3 is 2.08 bits per heavy atom. The highest BCUT2D eigenvalue weighted by Gasteiger charge is 2.19. The van der Waals surface area contributed by atoms with Gasteiger partial charge in [-0.2, -0.15) is 0 Å². The number of rotatable bonds is 10. The van der Waals surface area contributed by atoms with Gasteiger partial charge in [0, 0.05) is 34.8 Å². The second-order valence-corrected chi connectivity index (χ2v) is 8.96. The first kappa shape index (κ1) is 22.4. The predicted octanol–water partition coefficient (Wildman–Crippen LogP) is 4.01. The van der Waals surface area contributed by atoms with Crippen molar-refractivity contribution in [3.05, 3.63) is 21.4 Å². The van der Waals surface area contributed by atoms with E-state index in [0.717, 1.165) is 9.75 Å². The molecule has 0 aliphatic carbocycles. The fourth-order valence-electron chi connectivity index (χ4n) is 2.72. The quantitative estimate of drug-likeness (QED) is 0.454. The number of hydrogen-bond acceptors (Lipinski definition) is 5. The maximum Gasteiger partial charge on any atom is 0.306 e. The zero-order valence-electron chi connectivity index (χ0n) is 16.8. The number of thiophene rings is 1. The van der Waals surface area contributed by atoms with Crippen molar-refractivity contribution >= 4 is 29.0 Å². The molecule has 1 aromatic heterocycles.